The van der Waals surface area contributed by atoms with Crippen LogP contribution in [0.1, 0.15) is 37.7 Å². The van der Waals surface area contributed by atoms with Gasteiger partial charge in [0.05, 0.1) is 5.56 Å². The molecule has 112 valence electrons. The summed E-state index contributed by atoms with van der Waals surface area (Å²) in [6.45, 7) is 0.137. The van der Waals surface area contributed by atoms with Gasteiger partial charge in [-0.05, 0) is 30.9 Å². The fraction of sp³-hybridized carbons (Fsp3) is 0.600. The lowest BCUT2D eigenvalue weighted by Crippen LogP contribution is -2.37. The van der Waals surface area contributed by atoms with Gasteiger partial charge >= 0.3 is 6.18 Å². The van der Waals surface area contributed by atoms with Gasteiger partial charge in [-0.15, -0.1) is 0 Å². The Kier molecular flexibility index (Phi) is 4.91. The van der Waals surface area contributed by atoms with Gasteiger partial charge in [-0.2, -0.15) is 13.2 Å². The number of benzene rings is 1. The smallest absolute Gasteiger partial charge is 0.419 e. The minimum atomic E-state index is -4.40. The van der Waals surface area contributed by atoms with Crippen LogP contribution in [0.2, 0.25) is 0 Å². The molecule has 2 rings (SSSR count). The normalized spacial score (nSPS) is 18.8. The molecule has 1 aliphatic rings. The van der Waals surface area contributed by atoms with Crippen LogP contribution in [0.5, 0.6) is 5.75 Å². The van der Waals surface area contributed by atoms with E-state index in [1.165, 1.54) is 24.6 Å². The molecular formula is C15H20F3NO. The summed E-state index contributed by atoms with van der Waals surface area (Å²) >= 11 is 0. The molecule has 0 spiro atoms. The monoisotopic (exact) mass is 287 g/mol. The molecule has 0 radical (unpaired) electrons. The van der Waals surface area contributed by atoms with Crippen LogP contribution >= 0.6 is 0 Å². The fourth-order valence-corrected chi connectivity index (χ4v) is 2.71. The first kappa shape index (κ1) is 15.2. The van der Waals surface area contributed by atoms with Crippen LogP contribution in [0.3, 0.4) is 0 Å². The van der Waals surface area contributed by atoms with Gasteiger partial charge in [0.25, 0.3) is 0 Å². The first-order valence-electron chi connectivity index (χ1n) is 7.03. The van der Waals surface area contributed by atoms with E-state index in [4.69, 9.17) is 10.5 Å². The maximum atomic E-state index is 12.8. The van der Waals surface area contributed by atoms with E-state index >= 15 is 0 Å². The number of rotatable bonds is 4. The molecule has 1 aliphatic carbocycles. The van der Waals surface area contributed by atoms with Crippen molar-refractivity contribution in [2.45, 2.75) is 44.3 Å². The van der Waals surface area contributed by atoms with Gasteiger partial charge in [-0.1, -0.05) is 31.4 Å². The van der Waals surface area contributed by atoms with Crippen LogP contribution in [0.15, 0.2) is 24.3 Å². The lowest BCUT2D eigenvalue weighted by atomic mass is 9.84. The Morgan fingerprint density at radius 2 is 1.80 bits per heavy atom. The van der Waals surface area contributed by atoms with Gasteiger partial charge in [-0.25, -0.2) is 0 Å². The van der Waals surface area contributed by atoms with E-state index in [1.807, 2.05) is 0 Å². The van der Waals surface area contributed by atoms with Crippen LogP contribution in [-0.4, -0.2) is 12.6 Å². The quantitative estimate of drug-likeness (QED) is 0.908. The topological polar surface area (TPSA) is 35.2 Å². The molecule has 0 aromatic heterocycles. The molecule has 20 heavy (non-hydrogen) atoms. The number of para-hydroxylation sites is 1. The lowest BCUT2D eigenvalue weighted by Gasteiger charge is -2.27. The van der Waals surface area contributed by atoms with Crippen molar-refractivity contribution in [3.8, 4) is 5.75 Å². The number of hydrogen-bond donors (Lipinski definition) is 1. The van der Waals surface area contributed by atoms with E-state index in [9.17, 15) is 13.2 Å². The van der Waals surface area contributed by atoms with Gasteiger partial charge in [0.15, 0.2) is 0 Å². The summed E-state index contributed by atoms with van der Waals surface area (Å²) in [5, 5.41) is 0. The lowest BCUT2D eigenvalue weighted by molar-refractivity contribution is -0.139. The fourth-order valence-electron chi connectivity index (χ4n) is 2.71. The first-order valence-corrected chi connectivity index (χ1v) is 7.03. The Morgan fingerprint density at radius 3 is 2.45 bits per heavy atom. The third-order valence-electron chi connectivity index (χ3n) is 3.88. The molecule has 1 atom stereocenters. The number of alkyl halides is 3. The molecule has 2 nitrogen and oxygen atoms in total. The molecule has 0 aliphatic heterocycles. The molecule has 0 saturated heterocycles. The molecule has 2 N–H and O–H groups in total. The highest BCUT2D eigenvalue weighted by atomic mass is 19.4. The van der Waals surface area contributed by atoms with Crippen molar-refractivity contribution in [1.82, 2.24) is 0 Å². The van der Waals surface area contributed by atoms with E-state index in [-0.39, 0.29) is 18.4 Å². The molecule has 0 bridgehead atoms. The van der Waals surface area contributed by atoms with Crippen molar-refractivity contribution >= 4 is 0 Å². The van der Waals surface area contributed by atoms with Crippen LogP contribution < -0.4 is 10.5 Å². The van der Waals surface area contributed by atoms with Crippen molar-refractivity contribution in [2.24, 2.45) is 11.7 Å². The summed E-state index contributed by atoms with van der Waals surface area (Å²) in [5.74, 6) is 0.230. The molecule has 1 aromatic carbocycles. The first-order chi connectivity index (χ1) is 9.48. The maximum Gasteiger partial charge on any atom is 0.419 e. The van der Waals surface area contributed by atoms with E-state index in [0.717, 1.165) is 31.7 Å². The summed E-state index contributed by atoms with van der Waals surface area (Å²) in [6, 6.07) is 5.07. The van der Waals surface area contributed by atoms with Gasteiger partial charge < -0.3 is 10.5 Å². The van der Waals surface area contributed by atoms with Crippen molar-refractivity contribution < 1.29 is 17.9 Å². The SMILES string of the molecule is NC(COc1ccccc1C(F)(F)F)C1CCCCC1. The Morgan fingerprint density at radius 1 is 1.15 bits per heavy atom. The summed E-state index contributed by atoms with van der Waals surface area (Å²) in [4.78, 5) is 0. The van der Waals surface area contributed by atoms with Crippen molar-refractivity contribution in [3.63, 3.8) is 0 Å². The summed E-state index contributed by atoms with van der Waals surface area (Å²) in [5.41, 5.74) is 5.31. The Hall–Kier alpha value is -1.23. The second-order valence-corrected chi connectivity index (χ2v) is 5.37. The average Bonchev–Trinajstić information content (AvgIpc) is 2.45. The second kappa shape index (κ2) is 6.48. The molecule has 0 heterocycles. The van der Waals surface area contributed by atoms with Gasteiger partial charge in [0.2, 0.25) is 0 Å². The van der Waals surface area contributed by atoms with Gasteiger partial charge in [-0.3, -0.25) is 0 Å². The maximum absolute atomic E-state index is 12.8. The van der Waals surface area contributed by atoms with Crippen molar-refractivity contribution in [2.75, 3.05) is 6.61 Å². The Balaban J connectivity index is 1.96. The Bertz CT molecular complexity index is 427. The third-order valence-corrected chi connectivity index (χ3v) is 3.88. The minimum absolute atomic E-state index is 0.133. The van der Waals surface area contributed by atoms with Crippen LogP contribution in [0.4, 0.5) is 13.2 Å². The molecule has 1 fully saturated rings. The minimum Gasteiger partial charge on any atom is -0.491 e. The van der Waals surface area contributed by atoms with E-state index in [1.54, 1.807) is 0 Å². The van der Waals surface area contributed by atoms with Gasteiger partial charge in [0.1, 0.15) is 12.4 Å². The highest BCUT2D eigenvalue weighted by Gasteiger charge is 2.34. The predicted molar refractivity (Wildman–Crippen MR) is 71.5 cm³/mol. The van der Waals surface area contributed by atoms with Crippen LogP contribution in [0.25, 0.3) is 0 Å². The highest BCUT2D eigenvalue weighted by Crippen LogP contribution is 2.36. The summed E-state index contributed by atoms with van der Waals surface area (Å²) in [6.07, 6.45) is 1.22. The molecule has 1 saturated carbocycles. The Labute approximate surface area is 117 Å². The van der Waals surface area contributed by atoms with Gasteiger partial charge in [0, 0.05) is 6.04 Å². The molecule has 0 amide bonds. The molecular weight excluding hydrogens is 267 g/mol. The van der Waals surface area contributed by atoms with E-state index in [2.05, 4.69) is 0 Å². The van der Waals surface area contributed by atoms with Crippen LogP contribution in [-0.2, 0) is 6.18 Å². The second-order valence-electron chi connectivity index (χ2n) is 5.37. The predicted octanol–water partition coefficient (Wildman–Crippen LogP) is 3.99. The zero-order valence-corrected chi connectivity index (χ0v) is 11.3. The van der Waals surface area contributed by atoms with Crippen molar-refractivity contribution in [3.05, 3.63) is 29.8 Å². The summed E-state index contributed by atoms with van der Waals surface area (Å²) < 4.78 is 43.8. The number of hydrogen-bond acceptors (Lipinski definition) is 2. The zero-order chi connectivity index (χ0) is 14.6. The number of halogens is 3. The average molecular weight is 287 g/mol. The molecule has 1 unspecified atom stereocenters. The number of ether oxygens (including phenoxy) is 1. The molecule has 1 aromatic rings. The third kappa shape index (κ3) is 3.88. The van der Waals surface area contributed by atoms with Crippen molar-refractivity contribution in [1.29, 1.82) is 0 Å². The highest BCUT2D eigenvalue weighted by molar-refractivity contribution is 5.35. The zero-order valence-electron chi connectivity index (χ0n) is 11.3. The van der Waals surface area contributed by atoms with E-state index in [0.29, 0.717) is 5.92 Å². The largest absolute Gasteiger partial charge is 0.491 e. The molecule has 5 heteroatoms. The van der Waals surface area contributed by atoms with E-state index < -0.39 is 11.7 Å². The standard InChI is InChI=1S/C15H20F3NO/c16-15(17,18)12-8-4-5-9-14(12)20-10-13(19)11-6-2-1-3-7-11/h4-5,8-9,11,13H,1-3,6-7,10,19H2. The van der Waals surface area contributed by atoms with Crippen LogP contribution in [0, 0.1) is 5.92 Å². The number of nitrogens with two attached hydrogens (primary N) is 1. The summed E-state index contributed by atoms with van der Waals surface area (Å²) in [7, 11) is 0.